The second-order valence-corrected chi connectivity index (χ2v) is 9.57. The number of amides is 1. The third-order valence-corrected chi connectivity index (χ3v) is 7.27. The molecule has 1 atom stereocenters. The highest BCUT2D eigenvalue weighted by Gasteiger charge is 2.33. The first-order valence-electron chi connectivity index (χ1n) is 11.5. The smallest absolute Gasteiger partial charge is 0.273 e. The molecule has 8 heteroatoms. The summed E-state index contributed by atoms with van der Waals surface area (Å²) in [4.78, 5) is 22.7. The summed E-state index contributed by atoms with van der Waals surface area (Å²) in [5.41, 5.74) is 3.35. The number of carbonyl (C=O) groups excluding carboxylic acids is 1. The first-order chi connectivity index (χ1) is 16.1. The number of benzene rings is 2. The van der Waals surface area contributed by atoms with E-state index in [-0.39, 0.29) is 12.5 Å². The van der Waals surface area contributed by atoms with Gasteiger partial charge in [-0.2, -0.15) is 0 Å². The third kappa shape index (κ3) is 4.83. The van der Waals surface area contributed by atoms with Crippen molar-refractivity contribution in [1.82, 2.24) is 9.88 Å². The third-order valence-electron chi connectivity index (χ3n) is 6.23. The van der Waals surface area contributed by atoms with Crippen molar-refractivity contribution in [3.05, 3.63) is 47.5 Å². The molecule has 5 rings (SSSR count). The lowest BCUT2D eigenvalue weighted by atomic mass is 10.1. The van der Waals surface area contributed by atoms with Crippen LogP contribution in [-0.4, -0.2) is 67.9 Å². The predicted octanol–water partition coefficient (Wildman–Crippen LogP) is 3.81. The van der Waals surface area contributed by atoms with Crippen LogP contribution in [0.1, 0.15) is 17.5 Å². The zero-order valence-electron chi connectivity index (χ0n) is 19.1. The van der Waals surface area contributed by atoms with E-state index in [9.17, 15) is 4.79 Å². The standard InChI is InChI=1S/C25H29N3O4S/c1-17-14-19-23(15-18(17)2)33-25(26-19)28(9-5-8-27-10-12-30-13-11-27)24(29)22-16-31-20-6-3-4-7-21(20)32-22/h3-4,6-7,14-15,22H,5,8-13,16H2,1-2H3/t22-/m1/s1. The van der Waals surface area contributed by atoms with Crippen LogP contribution < -0.4 is 14.4 Å². The van der Waals surface area contributed by atoms with E-state index in [1.54, 1.807) is 16.2 Å². The van der Waals surface area contributed by atoms with Gasteiger partial charge in [-0.25, -0.2) is 4.98 Å². The van der Waals surface area contributed by atoms with Gasteiger partial charge in [0.15, 0.2) is 16.6 Å². The van der Waals surface area contributed by atoms with Gasteiger partial charge in [-0.1, -0.05) is 23.5 Å². The number of nitrogens with zero attached hydrogens (tertiary/aromatic N) is 3. The van der Waals surface area contributed by atoms with Crippen LogP contribution in [0.15, 0.2) is 36.4 Å². The van der Waals surface area contributed by atoms with E-state index in [1.165, 1.54) is 11.1 Å². The number of hydrogen-bond acceptors (Lipinski definition) is 7. The molecule has 0 unspecified atom stereocenters. The van der Waals surface area contributed by atoms with Crippen molar-refractivity contribution in [2.45, 2.75) is 26.4 Å². The first kappa shape index (κ1) is 22.1. The molecule has 0 saturated carbocycles. The van der Waals surface area contributed by atoms with Gasteiger partial charge in [0.2, 0.25) is 6.10 Å². The maximum absolute atomic E-state index is 13.7. The molecule has 1 amide bonds. The van der Waals surface area contributed by atoms with Crippen LogP contribution in [0.3, 0.4) is 0 Å². The summed E-state index contributed by atoms with van der Waals surface area (Å²) < 4.78 is 18.4. The van der Waals surface area contributed by atoms with Crippen LogP contribution in [0.25, 0.3) is 10.2 Å². The van der Waals surface area contributed by atoms with Crippen molar-refractivity contribution in [2.75, 3.05) is 50.9 Å². The summed E-state index contributed by atoms with van der Waals surface area (Å²) in [5.74, 6) is 1.16. The molecule has 0 aliphatic carbocycles. The lowest BCUT2D eigenvalue weighted by molar-refractivity contribution is -0.127. The van der Waals surface area contributed by atoms with Gasteiger partial charge < -0.3 is 14.2 Å². The molecule has 174 valence electrons. The summed E-state index contributed by atoms with van der Waals surface area (Å²) in [6, 6.07) is 11.7. The molecule has 3 aromatic rings. The van der Waals surface area contributed by atoms with Crippen molar-refractivity contribution in [3.63, 3.8) is 0 Å². The Hall–Kier alpha value is -2.68. The molecular weight excluding hydrogens is 438 g/mol. The fraction of sp³-hybridized carbons (Fsp3) is 0.440. The minimum Gasteiger partial charge on any atom is -0.485 e. The molecule has 2 aromatic carbocycles. The Morgan fingerprint density at radius 1 is 1.15 bits per heavy atom. The number of aromatic nitrogens is 1. The fourth-order valence-electron chi connectivity index (χ4n) is 4.18. The SMILES string of the molecule is Cc1cc2nc(N(CCCN3CCOCC3)C(=O)[C@H]3COc4ccccc4O3)sc2cc1C. The van der Waals surface area contributed by atoms with Gasteiger partial charge in [0.05, 0.1) is 23.4 Å². The zero-order valence-corrected chi connectivity index (χ0v) is 19.9. The Bertz CT molecular complexity index is 1100. The number of morpholine rings is 1. The molecule has 7 nitrogen and oxygen atoms in total. The lowest BCUT2D eigenvalue weighted by Gasteiger charge is -2.31. The van der Waals surface area contributed by atoms with E-state index in [0.29, 0.717) is 23.2 Å². The number of hydrogen-bond donors (Lipinski definition) is 0. The number of ether oxygens (including phenoxy) is 3. The number of rotatable bonds is 6. The van der Waals surface area contributed by atoms with Crippen molar-refractivity contribution in [3.8, 4) is 11.5 Å². The van der Waals surface area contributed by atoms with Gasteiger partial charge in [-0.3, -0.25) is 14.6 Å². The van der Waals surface area contributed by atoms with Crippen molar-refractivity contribution in [1.29, 1.82) is 0 Å². The summed E-state index contributed by atoms with van der Waals surface area (Å²) in [5, 5.41) is 0.712. The first-order valence-corrected chi connectivity index (χ1v) is 12.3. The highest BCUT2D eigenvalue weighted by molar-refractivity contribution is 7.22. The predicted molar refractivity (Wildman–Crippen MR) is 130 cm³/mol. The molecule has 1 saturated heterocycles. The second kappa shape index (κ2) is 9.67. The quantitative estimate of drug-likeness (QED) is 0.549. The van der Waals surface area contributed by atoms with Gasteiger partial charge in [0.25, 0.3) is 5.91 Å². The molecular formula is C25H29N3O4S. The lowest BCUT2D eigenvalue weighted by Crippen LogP contribution is -2.47. The number of thiazole rings is 1. The maximum atomic E-state index is 13.7. The Morgan fingerprint density at radius 2 is 1.91 bits per heavy atom. The Balaban J connectivity index is 1.38. The molecule has 0 bridgehead atoms. The second-order valence-electron chi connectivity index (χ2n) is 8.56. The van der Waals surface area contributed by atoms with Gasteiger partial charge in [0, 0.05) is 26.2 Å². The molecule has 2 aliphatic heterocycles. The van der Waals surface area contributed by atoms with Crippen molar-refractivity contribution in [2.24, 2.45) is 0 Å². The van der Waals surface area contributed by atoms with Crippen LogP contribution in [0.2, 0.25) is 0 Å². The monoisotopic (exact) mass is 467 g/mol. The molecule has 1 fully saturated rings. The Kier molecular flexibility index (Phi) is 6.48. The molecule has 2 aliphatic rings. The number of anilines is 1. The average Bonchev–Trinajstić information content (AvgIpc) is 3.24. The van der Waals surface area contributed by atoms with E-state index < -0.39 is 6.10 Å². The summed E-state index contributed by atoms with van der Waals surface area (Å²) in [6.45, 7) is 9.29. The van der Waals surface area contributed by atoms with Crippen LogP contribution in [0.4, 0.5) is 5.13 Å². The number of para-hydroxylation sites is 2. The van der Waals surface area contributed by atoms with Crippen LogP contribution in [-0.2, 0) is 9.53 Å². The normalized spacial score (nSPS) is 18.4. The molecule has 33 heavy (non-hydrogen) atoms. The summed E-state index contributed by atoms with van der Waals surface area (Å²) >= 11 is 1.56. The van der Waals surface area contributed by atoms with Gasteiger partial charge in [0.1, 0.15) is 6.61 Å². The number of fused-ring (bicyclic) bond motifs is 2. The highest BCUT2D eigenvalue weighted by atomic mass is 32.1. The Morgan fingerprint density at radius 3 is 2.73 bits per heavy atom. The number of carbonyl (C=O) groups is 1. The van der Waals surface area contributed by atoms with E-state index >= 15 is 0 Å². The summed E-state index contributed by atoms with van der Waals surface area (Å²) in [7, 11) is 0. The van der Waals surface area contributed by atoms with E-state index in [1.807, 2.05) is 24.3 Å². The van der Waals surface area contributed by atoms with E-state index in [2.05, 4.69) is 30.9 Å². The maximum Gasteiger partial charge on any atom is 0.273 e. The fourth-order valence-corrected chi connectivity index (χ4v) is 5.25. The molecule has 0 N–H and O–H groups in total. The van der Waals surface area contributed by atoms with Crippen LogP contribution >= 0.6 is 11.3 Å². The number of aryl methyl sites for hydroxylation is 2. The minimum absolute atomic E-state index is 0.112. The highest BCUT2D eigenvalue weighted by Crippen LogP contribution is 2.34. The van der Waals surface area contributed by atoms with E-state index in [4.69, 9.17) is 19.2 Å². The van der Waals surface area contributed by atoms with Gasteiger partial charge >= 0.3 is 0 Å². The van der Waals surface area contributed by atoms with Gasteiger partial charge in [-0.15, -0.1) is 0 Å². The molecule has 0 radical (unpaired) electrons. The molecule has 0 spiro atoms. The summed E-state index contributed by atoms with van der Waals surface area (Å²) in [6.07, 6.45) is 0.155. The Labute approximate surface area is 197 Å². The van der Waals surface area contributed by atoms with Crippen LogP contribution in [0, 0.1) is 13.8 Å². The zero-order chi connectivity index (χ0) is 22.8. The molecule has 3 heterocycles. The molecule has 1 aromatic heterocycles. The van der Waals surface area contributed by atoms with Gasteiger partial charge in [-0.05, 0) is 55.7 Å². The van der Waals surface area contributed by atoms with Crippen molar-refractivity contribution < 1.29 is 19.0 Å². The van der Waals surface area contributed by atoms with Crippen molar-refractivity contribution >= 4 is 32.6 Å². The minimum atomic E-state index is -0.696. The average molecular weight is 468 g/mol. The topological polar surface area (TPSA) is 64.1 Å². The van der Waals surface area contributed by atoms with Crippen LogP contribution in [0.5, 0.6) is 11.5 Å². The largest absolute Gasteiger partial charge is 0.485 e. The van der Waals surface area contributed by atoms with E-state index in [0.717, 1.165) is 49.5 Å².